The van der Waals surface area contributed by atoms with Crippen molar-refractivity contribution in [2.24, 2.45) is 21.7 Å². The summed E-state index contributed by atoms with van der Waals surface area (Å²) in [6, 6.07) is 15.2. The summed E-state index contributed by atoms with van der Waals surface area (Å²) in [4.78, 5) is 18.9. The molecule has 4 rings (SSSR count). The number of hydrogen-bond acceptors (Lipinski definition) is 3. The van der Waals surface area contributed by atoms with Gasteiger partial charge in [0.15, 0.2) is 0 Å². The minimum atomic E-state index is -0.213. The molecule has 7 N–H and O–H groups in total. The highest BCUT2D eigenvalue weighted by molar-refractivity contribution is 6.08. The molecule has 0 fully saturated rings. The summed E-state index contributed by atoms with van der Waals surface area (Å²) in [7, 11) is 0. The summed E-state index contributed by atoms with van der Waals surface area (Å²) in [6.45, 7) is 1.81. The average Bonchev–Trinajstić information content (AvgIpc) is 3.31. The van der Waals surface area contributed by atoms with Crippen LogP contribution in [0.2, 0.25) is 0 Å². The molecule has 0 aliphatic rings. The maximum absolute atomic E-state index is 12.6. The standard InChI is InChI=1S/C20H19N7O/c1-11(26-27-20(21)22)13-3-5-16-14(8-13)9-18(25-16)19(28)24-15-4-2-12-6-7-23-17(12)10-15/h2-10,23,25H,1H3,(H,24,28)(H4,21,22,27)/b26-11-. The minimum Gasteiger partial charge on any atom is -0.369 e. The number of carbonyl (C=O) groups excluding carboxylic acids is 1. The number of benzene rings is 2. The van der Waals surface area contributed by atoms with E-state index in [-0.39, 0.29) is 11.9 Å². The lowest BCUT2D eigenvalue weighted by molar-refractivity contribution is 0.102. The van der Waals surface area contributed by atoms with Crippen LogP contribution in [0.15, 0.2) is 64.9 Å². The second-order valence-corrected chi connectivity index (χ2v) is 6.43. The minimum absolute atomic E-state index is 0.0985. The van der Waals surface area contributed by atoms with Gasteiger partial charge in [0.2, 0.25) is 5.96 Å². The molecule has 2 aromatic carbocycles. The Morgan fingerprint density at radius 1 is 0.964 bits per heavy atom. The largest absolute Gasteiger partial charge is 0.369 e. The van der Waals surface area contributed by atoms with Crippen LogP contribution >= 0.6 is 0 Å². The summed E-state index contributed by atoms with van der Waals surface area (Å²) >= 11 is 0. The summed E-state index contributed by atoms with van der Waals surface area (Å²) in [5.74, 6) is -0.312. The number of aromatic amines is 2. The number of nitrogens with two attached hydrogens (primary N) is 2. The third-order valence-electron chi connectivity index (χ3n) is 4.41. The van der Waals surface area contributed by atoms with Gasteiger partial charge in [-0.15, -0.1) is 5.10 Å². The molecular formula is C20H19N7O. The van der Waals surface area contributed by atoms with Crippen LogP contribution in [0.5, 0.6) is 0 Å². The van der Waals surface area contributed by atoms with Crippen LogP contribution < -0.4 is 16.8 Å². The van der Waals surface area contributed by atoms with Gasteiger partial charge in [-0.3, -0.25) is 4.79 Å². The van der Waals surface area contributed by atoms with E-state index in [1.54, 1.807) is 6.07 Å². The fourth-order valence-electron chi connectivity index (χ4n) is 2.99. The van der Waals surface area contributed by atoms with Crippen molar-refractivity contribution in [3.05, 3.63) is 66.0 Å². The van der Waals surface area contributed by atoms with Gasteiger partial charge in [0, 0.05) is 28.3 Å². The fourth-order valence-corrected chi connectivity index (χ4v) is 2.99. The number of hydrogen-bond donors (Lipinski definition) is 5. The molecule has 0 bridgehead atoms. The second kappa shape index (κ2) is 6.92. The zero-order valence-corrected chi connectivity index (χ0v) is 15.2. The first-order valence-corrected chi connectivity index (χ1v) is 8.64. The Morgan fingerprint density at radius 2 is 1.82 bits per heavy atom. The quantitative estimate of drug-likeness (QED) is 0.214. The van der Waals surface area contributed by atoms with Crippen LogP contribution in [0.4, 0.5) is 5.69 Å². The Labute approximate surface area is 160 Å². The molecule has 0 saturated carbocycles. The number of nitrogens with one attached hydrogen (secondary N) is 3. The smallest absolute Gasteiger partial charge is 0.272 e. The molecule has 8 nitrogen and oxygen atoms in total. The Balaban J connectivity index is 1.59. The van der Waals surface area contributed by atoms with Crippen molar-refractivity contribution < 1.29 is 4.79 Å². The Kier molecular flexibility index (Phi) is 4.29. The van der Waals surface area contributed by atoms with Gasteiger partial charge in [-0.1, -0.05) is 12.1 Å². The number of carbonyl (C=O) groups is 1. The molecule has 0 atom stereocenters. The number of amides is 1. The first kappa shape index (κ1) is 17.3. The Bertz CT molecular complexity index is 1240. The first-order valence-electron chi connectivity index (χ1n) is 8.64. The molecule has 0 saturated heterocycles. The van der Waals surface area contributed by atoms with Gasteiger partial charge in [0.1, 0.15) is 5.69 Å². The maximum atomic E-state index is 12.6. The van der Waals surface area contributed by atoms with Gasteiger partial charge in [0.25, 0.3) is 5.91 Å². The third-order valence-corrected chi connectivity index (χ3v) is 4.41. The molecule has 0 unspecified atom stereocenters. The lowest BCUT2D eigenvalue weighted by atomic mass is 10.1. The number of nitrogens with zero attached hydrogens (tertiary/aromatic N) is 2. The van der Waals surface area contributed by atoms with E-state index in [4.69, 9.17) is 11.5 Å². The van der Waals surface area contributed by atoms with E-state index in [9.17, 15) is 4.79 Å². The number of guanidine groups is 1. The van der Waals surface area contributed by atoms with Crippen molar-refractivity contribution in [2.45, 2.75) is 6.92 Å². The predicted molar refractivity (Wildman–Crippen MR) is 113 cm³/mol. The van der Waals surface area contributed by atoms with E-state index >= 15 is 0 Å². The first-order chi connectivity index (χ1) is 13.5. The topological polar surface area (TPSA) is 137 Å². The molecule has 0 aliphatic heterocycles. The number of rotatable bonds is 4. The summed E-state index contributed by atoms with van der Waals surface area (Å²) in [6.07, 6.45) is 1.87. The van der Waals surface area contributed by atoms with Gasteiger partial charge in [-0.25, -0.2) is 0 Å². The zero-order valence-electron chi connectivity index (χ0n) is 15.2. The SMILES string of the molecule is C/C(=N/N=C(N)N)c1ccc2[nH]c(C(=O)Nc3ccc4cc[nH]c4c3)cc2c1. The molecule has 4 aromatic rings. The number of aromatic nitrogens is 2. The number of anilines is 1. The van der Waals surface area contributed by atoms with Crippen LogP contribution in [0.1, 0.15) is 23.0 Å². The molecular weight excluding hydrogens is 354 g/mol. The van der Waals surface area contributed by atoms with Crippen molar-refractivity contribution >= 4 is 45.1 Å². The molecule has 2 heterocycles. The molecule has 2 aromatic heterocycles. The van der Waals surface area contributed by atoms with Crippen molar-refractivity contribution in [3.63, 3.8) is 0 Å². The number of H-pyrrole nitrogens is 2. The monoisotopic (exact) mass is 373 g/mol. The van der Waals surface area contributed by atoms with Gasteiger partial charge < -0.3 is 26.8 Å². The lowest BCUT2D eigenvalue weighted by Gasteiger charge is -2.03. The Hall–Kier alpha value is -4.07. The van der Waals surface area contributed by atoms with Crippen molar-refractivity contribution in [1.82, 2.24) is 9.97 Å². The van der Waals surface area contributed by atoms with E-state index < -0.39 is 0 Å². The van der Waals surface area contributed by atoms with Gasteiger partial charge >= 0.3 is 0 Å². The molecule has 140 valence electrons. The van der Waals surface area contributed by atoms with Crippen molar-refractivity contribution in [1.29, 1.82) is 0 Å². The third kappa shape index (κ3) is 3.43. The van der Waals surface area contributed by atoms with Gasteiger partial charge in [0.05, 0.1) is 5.71 Å². The van der Waals surface area contributed by atoms with Gasteiger partial charge in [-0.05, 0) is 54.3 Å². The molecule has 8 heteroatoms. The van der Waals surface area contributed by atoms with Crippen LogP contribution in [0, 0.1) is 0 Å². The summed E-state index contributed by atoms with van der Waals surface area (Å²) in [5, 5.41) is 12.5. The van der Waals surface area contributed by atoms with Crippen LogP contribution in [-0.2, 0) is 0 Å². The molecule has 0 aliphatic carbocycles. The van der Waals surface area contributed by atoms with E-state index in [2.05, 4.69) is 25.5 Å². The maximum Gasteiger partial charge on any atom is 0.272 e. The normalized spacial score (nSPS) is 11.7. The summed E-state index contributed by atoms with van der Waals surface area (Å²) < 4.78 is 0. The lowest BCUT2D eigenvalue weighted by Crippen LogP contribution is -2.22. The highest BCUT2D eigenvalue weighted by Gasteiger charge is 2.11. The van der Waals surface area contributed by atoms with Crippen LogP contribution in [0.3, 0.4) is 0 Å². The molecule has 0 spiro atoms. The van der Waals surface area contributed by atoms with E-state index in [1.165, 1.54) is 0 Å². The predicted octanol–water partition coefficient (Wildman–Crippen LogP) is 2.90. The van der Waals surface area contributed by atoms with Crippen molar-refractivity contribution in [3.8, 4) is 0 Å². The second-order valence-electron chi connectivity index (χ2n) is 6.43. The van der Waals surface area contributed by atoms with Crippen LogP contribution in [-0.4, -0.2) is 27.5 Å². The van der Waals surface area contributed by atoms with E-state index in [0.717, 1.165) is 33.1 Å². The fraction of sp³-hybridized carbons (Fsp3) is 0.0500. The number of fused-ring (bicyclic) bond motifs is 2. The highest BCUT2D eigenvalue weighted by Crippen LogP contribution is 2.21. The molecule has 0 radical (unpaired) electrons. The Morgan fingerprint density at radius 3 is 2.64 bits per heavy atom. The molecule has 28 heavy (non-hydrogen) atoms. The van der Waals surface area contributed by atoms with E-state index in [0.29, 0.717) is 11.4 Å². The highest BCUT2D eigenvalue weighted by atomic mass is 16.1. The summed E-state index contributed by atoms with van der Waals surface area (Å²) in [5.41, 5.74) is 15.1. The van der Waals surface area contributed by atoms with Gasteiger partial charge in [-0.2, -0.15) is 5.10 Å². The zero-order chi connectivity index (χ0) is 19.7. The van der Waals surface area contributed by atoms with E-state index in [1.807, 2.05) is 55.6 Å². The average molecular weight is 373 g/mol. The molecule has 1 amide bonds. The van der Waals surface area contributed by atoms with Crippen molar-refractivity contribution in [2.75, 3.05) is 5.32 Å². The van der Waals surface area contributed by atoms with Crippen LogP contribution in [0.25, 0.3) is 21.8 Å².